The van der Waals surface area contributed by atoms with Crippen LogP contribution in [0.1, 0.15) is 47.2 Å². The minimum Gasteiger partial charge on any atom is -0.228 e. The van der Waals surface area contributed by atoms with Crippen molar-refractivity contribution >= 4 is 31.5 Å². The van der Waals surface area contributed by atoms with Crippen molar-refractivity contribution < 1.29 is 0 Å². The summed E-state index contributed by atoms with van der Waals surface area (Å²) < 4.78 is 2.63. The van der Waals surface area contributed by atoms with E-state index in [1.54, 1.807) is 0 Å². The summed E-state index contributed by atoms with van der Waals surface area (Å²) >= 11 is 1.87. The number of hydrogen-bond acceptors (Lipinski definition) is 3. The summed E-state index contributed by atoms with van der Waals surface area (Å²) in [6, 6.07) is 80.1. The van der Waals surface area contributed by atoms with Crippen molar-refractivity contribution in [2.24, 2.45) is 0 Å². The van der Waals surface area contributed by atoms with Crippen LogP contribution in [0.4, 0.5) is 0 Å². The minimum atomic E-state index is -0.517. The maximum absolute atomic E-state index is 5.50. The molecule has 0 amide bonds. The maximum atomic E-state index is 5.50. The second-order valence-electron chi connectivity index (χ2n) is 18.0. The third kappa shape index (κ3) is 5.65. The van der Waals surface area contributed by atoms with E-state index in [-0.39, 0.29) is 5.41 Å². The first-order chi connectivity index (χ1) is 32.0. The Bertz CT molecular complexity index is 3640. The van der Waals surface area contributed by atoms with Crippen LogP contribution in [-0.2, 0) is 10.8 Å². The van der Waals surface area contributed by atoms with Gasteiger partial charge in [0.25, 0.3) is 0 Å². The molecule has 0 unspecified atom stereocenters. The zero-order valence-corrected chi connectivity index (χ0v) is 36.9. The summed E-state index contributed by atoms with van der Waals surface area (Å²) in [6.45, 7) is 4.66. The molecule has 13 rings (SSSR count). The van der Waals surface area contributed by atoms with E-state index < -0.39 is 5.41 Å². The normalized spacial score (nSPS) is 13.9. The Morgan fingerprint density at radius 3 is 1.65 bits per heavy atom. The van der Waals surface area contributed by atoms with Gasteiger partial charge in [-0.3, -0.25) is 0 Å². The van der Waals surface area contributed by atoms with Crippen LogP contribution < -0.4 is 0 Å². The van der Waals surface area contributed by atoms with Crippen molar-refractivity contribution in [1.82, 2.24) is 9.97 Å². The number of rotatable bonds is 6. The fourth-order valence-electron chi connectivity index (χ4n) is 11.1. The van der Waals surface area contributed by atoms with E-state index in [4.69, 9.17) is 9.97 Å². The maximum Gasteiger partial charge on any atom is 0.160 e. The van der Waals surface area contributed by atoms with Gasteiger partial charge in [-0.15, -0.1) is 11.3 Å². The molecule has 2 aliphatic carbocycles. The highest BCUT2D eigenvalue weighted by Crippen LogP contribution is 2.57. The van der Waals surface area contributed by atoms with Crippen molar-refractivity contribution in [2.45, 2.75) is 24.7 Å². The molecule has 11 aromatic rings. The molecule has 0 N–H and O–H groups in total. The van der Waals surface area contributed by atoms with Gasteiger partial charge in [-0.25, -0.2) is 9.97 Å². The molecular weight excluding hydrogens is 805 g/mol. The average molecular weight is 847 g/mol. The van der Waals surface area contributed by atoms with Crippen LogP contribution in [0.3, 0.4) is 0 Å². The van der Waals surface area contributed by atoms with Crippen LogP contribution in [0.25, 0.3) is 87.5 Å². The molecule has 0 fully saturated rings. The van der Waals surface area contributed by atoms with Crippen molar-refractivity contribution in [3.05, 3.63) is 252 Å². The SMILES string of the molecule is CC1(C)c2ccccc2-c2cc(-c3nc(-c4ccc(-c5cccc6c5sc5ccccc56)cc4)cc(-c4ccc5c(c4)C(c4ccccc4)(c4ccccc4)c4ccccc4-5)n3)ccc21. The number of hydrogen-bond donors (Lipinski definition) is 0. The lowest BCUT2D eigenvalue weighted by Crippen LogP contribution is -2.28. The third-order valence-electron chi connectivity index (χ3n) is 14.2. The van der Waals surface area contributed by atoms with Crippen LogP contribution in [-0.4, -0.2) is 9.97 Å². The van der Waals surface area contributed by atoms with Crippen molar-refractivity contribution in [3.63, 3.8) is 0 Å². The van der Waals surface area contributed by atoms with E-state index >= 15 is 0 Å². The molecule has 0 saturated carbocycles. The summed E-state index contributed by atoms with van der Waals surface area (Å²) in [5.41, 5.74) is 19.5. The molecule has 0 spiro atoms. The number of fused-ring (bicyclic) bond motifs is 9. The first-order valence-electron chi connectivity index (χ1n) is 22.5. The first kappa shape index (κ1) is 37.8. The Kier molecular flexibility index (Phi) is 8.38. The highest BCUT2D eigenvalue weighted by Gasteiger charge is 2.46. The first-order valence-corrected chi connectivity index (χ1v) is 23.3. The number of benzene rings is 9. The standard InChI is InChI=1S/C62H42N2S/c1-61(2)52-25-12-9-21-47(52)51-36-42(33-35-53(51)61)60-63-56(40-30-28-39(29-31-40)45-23-15-24-50-49-22-11-14-27-58(49)65-59(45)50)38-57(64-60)41-32-34-48-46-20-10-13-26-54(46)62(55(48)37-41,43-16-5-3-6-17-43)44-18-7-4-8-19-44/h3-38H,1-2H3. The predicted molar refractivity (Wildman–Crippen MR) is 272 cm³/mol. The zero-order chi connectivity index (χ0) is 43.3. The lowest BCUT2D eigenvalue weighted by Gasteiger charge is -2.34. The van der Waals surface area contributed by atoms with Gasteiger partial charge in [0.05, 0.1) is 16.8 Å². The second kappa shape index (κ2) is 14.4. The summed E-state index contributed by atoms with van der Waals surface area (Å²) in [5.74, 6) is 0.711. The van der Waals surface area contributed by atoms with E-state index in [1.807, 2.05) is 11.3 Å². The third-order valence-corrected chi connectivity index (χ3v) is 15.4. The molecule has 306 valence electrons. The Labute approximate surface area is 383 Å². The van der Waals surface area contributed by atoms with E-state index in [0.717, 1.165) is 28.1 Å². The van der Waals surface area contributed by atoms with Gasteiger partial charge < -0.3 is 0 Å². The van der Waals surface area contributed by atoms with Gasteiger partial charge in [-0.05, 0) is 91.0 Å². The van der Waals surface area contributed by atoms with Crippen LogP contribution in [0.5, 0.6) is 0 Å². The number of aromatic nitrogens is 2. The molecule has 2 aromatic heterocycles. The quantitative estimate of drug-likeness (QED) is 0.167. The Hall–Kier alpha value is -7.72. The van der Waals surface area contributed by atoms with Crippen LogP contribution in [0, 0.1) is 0 Å². The highest BCUT2D eigenvalue weighted by molar-refractivity contribution is 7.26. The number of nitrogens with zero attached hydrogens (tertiary/aromatic N) is 2. The predicted octanol–water partition coefficient (Wildman–Crippen LogP) is 16.2. The van der Waals surface area contributed by atoms with Crippen molar-refractivity contribution in [3.8, 4) is 67.3 Å². The summed E-state index contributed by atoms with van der Waals surface area (Å²) in [5, 5.41) is 2.62. The van der Waals surface area contributed by atoms with E-state index in [1.165, 1.54) is 86.9 Å². The molecule has 2 heterocycles. The monoisotopic (exact) mass is 846 g/mol. The van der Waals surface area contributed by atoms with Crippen LogP contribution >= 0.6 is 11.3 Å². The molecule has 0 aliphatic heterocycles. The summed E-state index contributed by atoms with van der Waals surface area (Å²) in [6.07, 6.45) is 0. The topological polar surface area (TPSA) is 25.8 Å². The van der Waals surface area contributed by atoms with Gasteiger partial charge in [0.1, 0.15) is 0 Å². The minimum absolute atomic E-state index is 0.0910. The largest absolute Gasteiger partial charge is 0.228 e. The Morgan fingerprint density at radius 2 is 0.892 bits per heavy atom. The van der Waals surface area contributed by atoms with Gasteiger partial charge in [-0.2, -0.15) is 0 Å². The lowest BCUT2D eigenvalue weighted by molar-refractivity contribution is 0.660. The number of thiophene rings is 1. The van der Waals surface area contributed by atoms with E-state index in [2.05, 4.69) is 232 Å². The molecule has 65 heavy (non-hydrogen) atoms. The lowest BCUT2D eigenvalue weighted by atomic mass is 9.67. The molecule has 9 aromatic carbocycles. The second-order valence-corrected chi connectivity index (χ2v) is 19.1. The molecule has 0 saturated heterocycles. The summed E-state index contributed by atoms with van der Waals surface area (Å²) in [7, 11) is 0. The van der Waals surface area contributed by atoms with Crippen molar-refractivity contribution in [1.29, 1.82) is 0 Å². The Morgan fingerprint density at radius 1 is 0.354 bits per heavy atom. The van der Waals surface area contributed by atoms with Gasteiger partial charge in [0.15, 0.2) is 5.82 Å². The molecular formula is C62H42N2S. The average Bonchev–Trinajstić information content (AvgIpc) is 3.98. The summed E-state index contributed by atoms with van der Waals surface area (Å²) in [4.78, 5) is 10.9. The molecule has 3 heteroatoms. The van der Waals surface area contributed by atoms with E-state index in [9.17, 15) is 0 Å². The zero-order valence-electron chi connectivity index (χ0n) is 36.1. The van der Waals surface area contributed by atoms with Crippen molar-refractivity contribution in [2.75, 3.05) is 0 Å². The smallest absolute Gasteiger partial charge is 0.160 e. The van der Waals surface area contributed by atoms with Gasteiger partial charge in [-0.1, -0.05) is 208 Å². The molecule has 0 bridgehead atoms. The molecule has 0 radical (unpaired) electrons. The van der Waals surface area contributed by atoms with Gasteiger partial charge in [0, 0.05) is 42.3 Å². The molecule has 2 nitrogen and oxygen atoms in total. The van der Waals surface area contributed by atoms with Gasteiger partial charge >= 0.3 is 0 Å². The van der Waals surface area contributed by atoms with Crippen LogP contribution in [0.2, 0.25) is 0 Å². The van der Waals surface area contributed by atoms with E-state index in [0.29, 0.717) is 5.82 Å². The fourth-order valence-corrected chi connectivity index (χ4v) is 12.4. The fraction of sp³-hybridized carbons (Fsp3) is 0.0645. The van der Waals surface area contributed by atoms with Crippen LogP contribution in [0.15, 0.2) is 218 Å². The molecule has 0 atom stereocenters. The Balaban J connectivity index is 1.00. The molecule has 2 aliphatic rings. The van der Waals surface area contributed by atoms with Gasteiger partial charge in [0.2, 0.25) is 0 Å². The highest BCUT2D eigenvalue weighted by atomic mass is 32.1.